The molecule has 0 saturated heterocycles. The predicted molar refractivity (Wildman–Crippen MR) is 59.7 cm³/mol. The Labute approximate surface area is 89.8 Å². The minimum atomic E-state index is 0.226. The summed E-state index contributed by atoms with van der Waals surface area (Å²) >= 11 is 0. The van der Waals surface area contributed by atoms with E-state index in [9.17, 15) is 4.79 Å². The molecule has 0 N–H and O–H groups in total. The molecule has 3 heteroatoms. The van der Waals surface area contributed by atoms with Gasteiger partial charge in [-0.05, 0) is 29.2 Å². The molecule has 0 bridgehead atoms. The quantitative estimate of drug-likeness (QED) is 0.559. The van der Waals surface area contributed by atoms with Gasteiger partial charge in [-0.2, -0.15) is 0 Å². The van der Waals surface area contributed by atoms with E-state index < -0.39 is 0 Å². The number of aldehydes is 1. The Bertz CT molecular complexity index is 352. The predicted octanol–water partition coefficient (Wildman–Crippen LogP) is 2.33. The highest BCUT2D eigenvalue weighted by molar-refractivity contribution is 5.82. The topological polar surface area (TPSA) is 39.2 Å². The van der Waals surface area contributed by atoms with Crippen LogP contribution in [0.4, 0.5) is 0 Å². The number of carbonyl (C=O) groups excluding carboxylic acids is 1. The molecule has 80 valence electrons. The molecule has 0 unspecified atom stereocenters. The van der Waals surface area contributed by atoms with Gasteiger partial charge in [-0.15, -0.1) is 0 Å². The second-order valence-electron chi connectivity index (χ2n) is 3.55. The lowest BCUT2D eigenvalue weighted by molar-refractivity contribution is -0.105. The Morgan fingerprint density at radius 3 is 2.60 bits per heavy atom. The summed E-state index contributed by atoms with van der Waals surface area (Å²) in [5.74, 6) is 0.800. The van der Waals surface area contributed by atoms with Crippen LogP contribution in [0.25, 0.3) is 6.08 Å². The van der Waals surface area contributed by atoms with Crippen LogP contribution in [-0.4, -0.2) is 18.4 Å². The number of allylic oxidation sites excluding steroid dienone is 1. The zero-order chi connectivity index (χ0) is 11.3. The zero-order valence-corrected chi connectivity index (χ0v) is 9.23. The fraction of sp³-hybridized carbons (Fsp3) is 0.333. The van der Waals surface area contributed by atoms with Gasteiger partial charge in [0, 0.05) is 12.3 Å². The van der Waals surface area contributed by atoms with Crippen molar-refractivity contribution in [3.05, 3.63) is 29.5 Å². The fourth-order valence-electron chi connectivity index (χ4n) is 1.13. The summed E-state index contributed by atoms with van der Waals surface area (Å²) in [6.07, 6.45) is 4.41. The van der Waals surface area contributed by atoms with Crippen molar-refractivity contribution in [1.82, 2.24) is 4.98 Å². The number of carbonyl (C=O) groups is 1. The van der Waals surface area contributed by atoms with Gasteiger partial charge in [-0.3, -0.25) is 4.79 Å². The lowest BCUT2D eigenvalue weighted by atomic mass is 10.0. The van der Waals surface area contributed by atoms with E-state index in [1.807, 2.05) is 26.0 Å². The Morgan fingerprint density at radius 2 is 2.20 bits per heavy atom. The maximum Gasteiger partial charge on any atom is 0.212 e. The molecule has 0 amide bonds. The molecule has 0 aliphatic carbocycles. The zero-order valence-electron chi connectivity index (χ0n) is 9.23. The van der Waals surface area contributed by atoms with Gasteiger partial charge in [-0.25, -0.2) is 4.98 Å². The Hall–Kier alpha value is -1.64. The number of nitrogens with zero attached hydrogens (tertiary/aromatic N) is 1. The third kappa shape index (κ3) is 3.20. The lowest BCUT2D eigenvalue weighted by Crippen LogP contribution is -1.95. The minimum absolute atomic E-state index is 0.226. The summed E-state index contributed by atoms with van der Waals surface area (Å²) in [4.78, 5) is 14.8. The highest BCUT2D eigenvalue weighted by Gasteiger charge is 2.01. The van der Waals surface area contributed by atoms with E-state index in [0.29, 0.717) is 5.88 Å². The number of pyridine rings is 1. The summed E-state index contributed by atoms with van der Waals surface area (Å²) in [6.45, 7) is 3.97. The average Bonchev–Trinajstić information content (AvgIpc) is 2.26. The van der Waals surface area contributed by atoms with E-state index in [-0.39, 0.29) is 5.92 Å². The molecule has 0 aliphatic heterocycles. The highest BCUT2D eigenvalue weighted by Crippen LogP contribution is 2.13. The second-order valence-corrected chi connectivity index (χ2v) is 3.55. The van der Waals surface area contributed by atoms with E-state index in [1.165, 1.54) is 0 Å². The van der Waals surface area contributed by atoms with Gasteiger partial charge < -0.3 is 4.74 Å². The fourth-order valence-corrected chi connectivity index (χ4v) is 1.13. The van der Waals surface area contributed by atoms with Gasteiger partial charge in [0.2, 0.25) is 5.88 Å². The summed E-state index contributed by atoms with van der Waals surface area (Å²) < 4.78 is 4.95. The van der Waals surface area contributed by atoms with Crippen LogP contribution in [0, 0.1) is 5.92 Å². The third-order valence-electron chi connectivity index (χ3n) is 2.10. The molecule has 0 fully saturated rings. The maximum absolute atomic E-state index is 10.8. The largest absolute Gasteiger partial charge is 0.481 e. The van der Waals surface area contributed by atoms with Gasteiger partial charge in [0.25, 0.3) is 0 Å². The van der Waals surface area contributed by atoms with Gasteiger partial charge in [0.15, 0.2) is 0 Å². The lowest BCUT2D eigenvalue weighted by Gasteiger charge is -2.03. The van der Waals surface area contributed by atoms with E-state index in [1.54, 1.807) is 19.4 Å². The molecule has 0 spiro atoms. The number of methoxy groups -OCH3 is 1. The van der Waals surface area contributed by atoms with Crippen LogP contribution in [0.15, 0.2) is 23.9 Å². The molecular formula is C12H15NO2. The van der Waals surface area contributed by atoms with Crippen molar-refractivity contribution >= 4 is 12.4 Å². The van der Waals surface area contributed by atoms with Crippen molar-refractivity contribution in [3.63, 3.8) is 0 Å². The number of rotatable bonds is 4. The number of hydrogen-bond acceptors (Lipinski definition) is 3. The van der Waals surface area contributed by atoms with E-state index >= 15 is 0 Å². The minimum Gasteiger partial charge on any atom is -0.481 e. The smallest absolute Gasteiger partial charge is 0.212 e. The van der Waals surface area contributed by atoms with E-state index in [2.05, 4.69) is 4.98 Å². The molecule has 1 heterocycles. The van der Waals surface area contributed by atoms with Crippen molar-refractivity contribution < 1.29 is 9.53 Å². The number of aromatic nitrogens is 1. The molecule has 1 aromatic heterocycles. The van der Waals surface area contributed by atoms with Crippen molar-refractivity contribution in [2.45, 2.75) is 13.8 Å². The second kappa shape index (κ2) is 5.29. The van der Waals surface area contributed by atoms with Crippen LogP contribution in [0.2, 0.25) is 0 Å². The third-order valence-corrected chi connectivity index (χ3v) is 2.10. The molecule has 3 nitrogen and oxygen atoms in total. The molecule has 0 aliphatic rings. The van der Waals surface area contributed by atoms with Gasteiger partial charge in [-0.1, -0.05) is 13.8 Å². The Kier molecular flexibility index (Phi) is 4.03. The van der Waals surface area contributed by atoms with Crippen molar-refractivity contribution in [3.8, 4) is 5.88 Å². The molecule has 1 aromatic rings. The maximum atomic E-state index is 10.8. The number of hydrogen-bond donors (Lipinski definition) is 0. The summed E-state index contributed by atoms with van der Waals surface area (Å²) in [7, 11) is 1.57. The first-order chi connectivity index (χ1) is 7.17. The summed E-state index contributed by atoms with van der Waals surface area (Å²) in [5.41, 5.74) is 1.67. The Morgan fingerprint density at radius 1 is 1.47 bits per heavy atom. The van der Waals surface area contributed by atoms with Gasteiger partial charge >= 0.3 is 0 Å². The monoisotopic (exact) mass is 205 g/mol. The molecule has 0 aromatic carbocycles. The first-order valence-corrected chi connectivity index (χ1v) is 4.84. The van der Waals surface area contributed by atoms with E-state index in [0.717, 1.165) is 17.4 Å². The van der Waals surface area contributed by atoms with Crippen molar-refractivity contribution in [2.24, 2.45) is 5.92 Å². The average molecular weight is 205 g/mol. The molecule has 0 atom stereocenters. The van der Waals surface area contributed by atoms with Crippen LogP contribution in [-0.2, 0) is 4.79 Å². The summed E-state index contributed by atoms with van der Waals surface area (Å²) in [6, 6.07) is 3.65. The van der Waals surface area contributed by atoms with Crippen LogP contribution in [0.1, 0.15) is 19.4 Å². The normalized spacial score (nSPS) is 11.6. The van der Waals surface area contributed by atoms with Crippen LogP contribution < -0.4 is 4.74 Å². The van der Waals surface area contributed by atoms with Gasteiger partial charge in [0.1, 0.15) is 6.29 Å². The summed E-state index contributed by atoms with van der Waals surface area (Å²) in [5, 5.41) is 0. The molecule has 1 rings (SSSR count). The SMILES string of the molecule is COc1ccc(/C=C(/C=O)C(C)C)cn1. The first-order valence-electron chi connectivity index (χ1n) is 4.84. The molecule has 15 heavy (non-hydrogen) atoms. The van der Waals surface area contributed by atoms with Crippen LogP contribution in [0.3, 0.4) is 0 Å². The molecule has 0 radical (unpaired) electrons. The number of ether oxygens (including phenoxy) is 1. The Balaban J connectivity index is 2.91. The highest BCUT2D eigenvalue weighted by atomic mass is 16.5. The van der Waals surface area contributed by atoms with Crippen molar-refractivity contribution in [2.75, 3.05) is 7.11 Å². The molecular weight excluding hydrogens is 190 g/mol. The first kappa shape index (κ1) is 11.4. The van der Waals surface area contributed by atoms with Crippen molar-refractivity contribution in [1.29, 1.82) is 0 Å². The van der Waals surface area contributed by atoms with E-state index in [4.69, 9.17) is 4.74 Å². The van der Waals surface area contributed by atoms with Crippen LogP contribution >= 0.6 is 0 Å². The standard InChI is InChI=1S/C12H15NO2/c1-9(2)11(8-14)6-10-4-5-12(15-3)13-7-10/h4-9H,1-3H3/b11-6-. The van der Waals surface area contributed by atoms with Gasteiger partial charge in [0.05, 0.1) is 7.11 Å². The molecule has 0 saturated carbocycles. The van der Waals surface area contributed by atoms with Crippen LogP contribution in [0.5, 0.6) is 5.88 Å².